The molecule has 0 aliphatic heterocycles. The van der Waals surface area contributed by atoms with Gasteiger partial charge in [0.25, 0.3) is 0 Å². The fourth-order valence-electron chi connectivity index (χ4n) is 2.63. The Labute approximate surface area is 161 Å². The minimum absolute atomic E-state index is 0.0717. The van der Waals surface area contributed by atoms with Gasteiger partial charge in [0.15, 0.2) is 0 Å². The lowest BCUT2D eigenvalue weighted by molar-refractivity contribution is -0.116. The summed E-state index contributed by atoms with van der Waals surface area (Å²) in [6, 6.07) is 16.8. The average molecular weight is 391 g/mol. The molecule has 2 aromatic carbocycles. The van der Waals surface area contributed by atoms with E-state index in [4.69, 9.17) is 4.74 Å². The number of benzene rings is 2. The van der Waals surface area contributed by atoms with Gasteiger partial charge in [-0.15, -0.1) is 0 Å². The number of nitrogens with zero attached hydrogens (tertiary/aromatic N) is 1. The van der Waals surface area contributed by atoms with Crippen LogP contribution < -0.4 is 10.1 Å². The van der Waals surface area contributed by atoms with Crippen LogP contribution in [0.4, 0.5) is 5.69 Å². The van der Waals surface area contributed by atoms with Crippen LogP contribution in [-0.2, 0) is 21.2 Å². The molecule has 0 atom stereocenters. The van der Waals surface area contributed by atoms with Crippen LogP contribution in [-0.4, -0.2) is 44.6 Å². The highest BCUT2D eigenvalue weighted by molar-refractivity contribution is 7.88. The number of carbonyl (C=O) groups is 1. The molecule has 0 aliphatic rings. The van der Waals surface area contributed by atoms with Crippen molar-refractivity contribution in [1.29, 1.82) is 0 Å². The molecule has 1 amide bonds. The maximum atomic E-state index is 12.3. The van der Waals surface area contributed by atoms with Crippen LogP contribution in [0.5, 0.6) is 5.75 Å². The maximum Gasteiger partial charge on any atom is 0.225 e. The number of carbonyl (C=O) groups excluding carboxylic acids is 1. The van der Waals surface area contributed by atoms with Crippen molar-refractivity contribution in [3.8, 4) is 5.75 Å². The summed E-state index contributed by atoms with van der Waals surface area (Å²) in [7, 11) is -3.39. The van der Waals surface area contributed by atoms with Crippen LogP contribution in [0.3, 0.4) is 0 Å². The van der Waals surface area contributed by atoms with E-state index in [2.05, 4.69) is 5.32 Å². The molecule has 0 saturated heterocycles. The van der Waals surface area contributed by atoms with E-state index < -0.39 is 10.0 Å². The van der Waals surface area contributed by atoms with Gasteiger partial charge in [0.1, 0.15) is 5.75 Å². The van der Waals surface area contributed by atoms with Crippen molar-refractivity contribution < 1.29 is 17.9 Å². The normalized spacial score (nSPS) is 11.4. The molecule has 0 spiro atoms. The first-order chi connectivity index (χ1) is 12.9. The standard InChI is InChI=1S/C20H26N2O4S/c1-3-26-19-12-8-7-11-18(19)21-20(23)14-16-22(27(2,24)25)15-13-17-9-5-4-6-10-17/h4-12H,3,13-16H2,1-2H3,(H,21,23). The third kappa shape index (κ3) is 7.03. The Morgan fingerprint density at radius 1 is 1.04 bits per heavy atom. The molecule has 7 heteroatoms. The molecule has 0 saturated carbocycles. The van der Waals surface area contributed by atoms with Crippen molar-refractivity contribution in [2.24, 2.45) is 0 Å². The Balaban J connectivity index is 1.93. The smallest absolute Gasteiger partial charge is 0.225 e. The molecular weight excluding hydrogens is 364 g/mol. The fraction of sp³-hybridized carbons (Fsp3) is 0.350. The highest BCUT2D eigenvalue weighted by Crippen LogP contribution is 2.23. The molecule has 0 unspecified atom stereocenters. The summed E-state index contributed by atoms with van der Waals surface area (Å²) in [6.45, 7) is 2.84. The van der Waals surface area contributed by atoms with Crippen LogP contribution in [0.1, 0.15) is 18.9 Å². The van der Waals surface area contributed by atoms with Gasteiger partial charge in [0.05, 0.1) is 18.6 Å². The van der Waals surface area contributed by atoms with Crippen LogP contribution in [0.25, 0.3) is 0 Å². The van der Waals surface area contributed by atoms with E-state index in [0.717, 1.165) is 5.56 Å². The Morgan fingerprint density at radius 3 is 2.37 bits per heavy atom. The minimum Gasteiger partial charge on any atom is -0.492 e. The molecule has 2 aromatic rings. The number of hydrogen-bond acceptors (Lipinski definition) is 4. The van der Waals surface area contributed by atoms with Crippen molar-refractivity contribution in [3.05, 3.63) is 60.2 Å². The third-order valence-corrected chi connectivity index (χ3v) is 5.31. The first-order valence-corrected chi connectivity index (χ1v) is 10.8. The number of hydrogen-bond donors (Lipinski definition) is 1. The summed E-state index contributed by atoms with van der Waals surface area (Å²) in [5.41, 5.74) is 1.64. The zero-order valence-electron chi connectivity index (χ0n) is 15.7. The summed E-state index contributed by atoms with van der Waals surface area (Å²) in [4.78, 5) is 12.3. The van der Waals surface area contributed by atoms with Gasteiger partial charge < -0.3 is 10.1 Å². The second kappa shape index (κ2) is 10.1. The molecule has 0 aromatic heterocycles. The average Bonchev–Trinajstić information content (AvgIpc) is 2.63. The number of sulfonamides is 1. The van der Waals surface area contributed by atoms with E-state index in [1.165, 1.54) is 10.6 Å². The Hall–Kier alpha value is -2.38. The van der Waals surface area contributed by atoms with Crippen molar-refractivity contribution in [3.63, 3.8) is 0 Å². The minimum atomic E-state index is -3.39. The second-order valence-corrected chi connectivity index (χ2v) is 8.11. The Bertz CT molecular complexity index is 838. The number of amides is 1. The van der Waals surface area contributed by atoms with Gasteiger partial charge in [-0.25, -0.2) is 12.7 Å². The predicted molar refractivity (Wildman–Crippen MR) is 107 cm³/mol. The van der Waals surface area contributed by atoms with Crippen molar-refractivity contribution >= 4 is 21.6 Å². The topological polar surface area (TPSA) is 75.7 Å². The van der Waals surface area contributed by atoms with Gasteiger partial charge in [-0.2, -0.15) is 0 Å². The van der Waals surface area contributed by atoms with Gasteiger partial charge in [-0.3, -0.25) is 4.79 Å². The molecule has 27 heavy (non-hydrogen) atoms. The van der Waals surface area contributed by atoms with E-state index in [0.29, 0.717) is 31.0 Å². The van der Waals surface area contributed by atoms with Crippen LogP contribution in [0.2, 0.25) is 0 Å². The number of ether oxygens (including phenoxy) is 1. The summed E-state index contributed by atoms with van der Waals surface area (Å²) in [5, 5.41) is 2.79. The lowest BCUT2D eigenvalue weighted by Crippen LogP contribution is -2.34. The van der Waals surface area contributed by atoms with Gasteiger partial charge in [-0.1, -0.05) is 42.5 Å². The molecule has 2 rings (SSSR count). The monoisotopic (exact) mass is 390 g/mol. The molecule has 6 nitrogen and oxygen atoms in total. The summed E-state index contributed by atoms with van der Waals surface area (Å²) in [6.07, 6.45) is 1.84. The van der Waals surface area contributed by atoms with E-state index in [9.17, 15) is 13.2 Å². The quantitative estimate of drug-likeness (QED) is 0.677. The third-order valence-electron chi connectivity index (χ3n) is 4.01. The lowest BCUT2D eigenvalue weighted by Gasteiger charge is -2.20. The van der Waals surface area contributed by atoms with Crippen molar-refractivity contribution in [1.82, 2.24) is 4.31 Å². The summed E-state index contributed by atoms with van der Waals surface area (Å²) >= 11 is 0. The molecular formula is C20H26N2O4S. The SMILES string of the molecule is CCOc1ccccc1NC(=O)CCN(CCc1ccccc1)S(C)(=O)=O. The van der Waals surface area contributed by atoms with Gasteiger partial charge in [0, 0.05) is 19.5 Å². The molecule has 0 aliphatic carbocycles. The molecule has 1 N–H and O–H groups in total. The first kappa shape index (κ1) is 20.9. The largest absolute Gasteiger partial charge is 0.492 e. The van der Waals surface area contributed by atoms with E-state index >= 15 is 0 Å². The molecule has 146 valence electrons. The van der Waals surface area contributed by atoms with Crippen molar-refractivity contribution in [2.75, 3.05) is 31.3 Å². The number of anilines is 1. The fourth-order valence-corrected chi connectivity index (χ4v) is 3.48. The Morgan fingerprint density at radius 2 is 1.70 bits per heavy atom. The second-order valence-electron chi connectivity index (χ2n) is 6.12. The number of nitrogens with one attached hydrogen (secondary N) is 1. The zero-order chi connectivity index (χ0) is 19.7. The van der Waals surface area contributed by atoms with E-state index in [1.54, 1.807) is 18.2 Å². The van der Waals surface area contributed by atoms with Gasteiger partial charge in [-0.05, 0) is 31.0 Å². The number of rotatable bonds is 10. The molecule has 0 bridgehead atoms. The predicted octanol–water partition coefficient (Wildman–Crippen LogP) is 2.92. The first-order valence-electron chi connectivity index (χ1n) is 8.91. The summed E-state index contributed by atoms with van der Waals surface area (Å²) < 4.78 is 30.9. The highest BCUT2D eigenvalue weighted by atomic mass is 32.2. The summed E-state index contributed by atoms with van der Waals surface area (Å²) in [5.74, 6) is 0.341. The van der Waals surface area contributed by atoms with Crippen LogP contribution in [0, 0.1) is 0 Å². The lowest BCUT2D eigenvalue weighted by atomic mass is 10.1. The number of para-hydroxylation sites is 2. The maximum absolute atomic E-state index is 12.3. The van der Waals surface area contributed by atoms with Crippen molar-refractivity contribution in [2.45, 2.75) is 19.8 Å². The van der Waals surface area contributed by atoms with E-state index in [-0.39, 0.29) is 18.9 Å². The van der Waals surface area contributed by atoms with Gasteiger partial charge >= 0.3 is 0 Å². The molecule has 0 fully saturated rings. The van der Waals surface area contributed by atoms with E-state index in [1.807, 2.05) is 43.3 Å². The highest BCUT2D eigenvalue weighted by Gasteiger charge is 2.18. The van der Waals surface area contributed by atoms with Crippen LogP contribution in [0.15, 0.2) is 54.6 Å². The molecule has 0 radical (unpaired) electrons. The zero-order valence-corrected chi connectivity index (χ0v) is 16.5. The van der Waals surface area contributed by atoms with Gasteiger partial charge in [0.2, 0.25) is 15.9 Å². The Kier molecular flexibility index (Phi) is 7.82. The molecule has 0 heterocycles. The van der Waals surface area contributed by atoms with Crippen LogP contribution >= 0.6 is 0 Å².